The first-order chi connectivity index (χ1) is 12.4. The molecular formula is C18H25N3O3S2. The molecule has 1 aliphatic rings. The Morgan fingerprint density at radius 1 is 1.46 bits per heavy atom. The molecule has 3 rings (SSSR count). The SMILES string of the molecule is Cc1sc2nc(SCC(=O)NCC3CCCO3)n(C(C)C)c(=O)c2c1C. The van der Waals surface area contributed by atoms with E-state index in [4.69, 9.17) is 4.74 Å². The summed E-state index contributed by atoms with van der Waals surface area (Å²) in [4.78, 5) is 31.7. The van der Waals surface area contributed by atoms with Crippen LogP contribution in [-0.4, -0.2) is 40.5 Å². The van der Waals surface area contributed by atoms with Crippen LogP contribution in [0.3, 0.4) is 0 Å². The van der Waals surface area contributed by atoms with Gasteiger partial charge in [-0.15, -0.1) is 11.3 Å². The van der Waals surface area contributed by atoms with Crippen LogP contribution in [0.2, 0.25) is 0 Å². The average molecular weight is 396 g/mol. The molecule has 0 spiro atoms. The number of carbonyl (C=O) groups excluding carboxylic acids is 1. The van der Waals surface area contributed by atoms with E-state index in [2.05, 4.69) is 10.3 Å². The minimum absolute atomic E-state index is 0.0172. The van der Waals surface area contributed by atoms with Crippen molar-refractivity contribution in [3.63, 3.8) is 0 Å². The Kier molecular flexibility index (Phi) is 6.04. The number of ether oxygens (including phenoxy) is 1. The van der Waals surface area contributed by atoms with Gasteiger partial charge < -0.3 is 10.1 Å². The fourth-order valence-electron chi connectivity index (χ4n) is 3.06. The summed E-state index contributed by atoms with van der Waals surface area (Å²) in [5, 5.41) is 4.22. The molecule has 3 heterocycles. The Bertz CT molecular complexity index is 867. The van der Waals surface area contributed by atoms with Gasteiger partial charge in [0.15, 0.2) is 5.16 Å². The zero-order valence-corrected chi connectivity index (χ0v) is 17.3. The van der Waals surface area contributed by atoms with Crippen LogP contribution in [0.15, 0.2) is 9.95 Å². The van der Waals surface area contributed by atoms with Crippen molar-refractivity contribution < 1.29 is 9.53 Å². The fraction of sp³-hybridized carbons (Fsp3) is 0.611. The van der Waals surface area contributed by atoms with Gasteiger partial charge in [0, 0.05) is 24.1 Å². The second-order valence-corrected chi connectivity index (χ2v) is 9.00. The third-order valence-corrected chi connectivity index (χ3v) is 6.66. The molecule has 1 unspecified atom stereocenters. The van der Waals surface area contributed by atoms with Gasteiger partial charge in [0.05, 0.1) is 17.2 Å². The molecule has 0 radical (unpaired) electrons. The van der Waals surface area contributed by atoms with Crippen LogP contribution in [0.1, 0.15) is 43.2 Å². The van der Waals surface area contributed by atoms with Crippen LogP contribution in [0, 0.1) is 13.8 Å². The Balaban J connectivity index is 1.77. The average Bonchev–Trinajstić information content (AvgIpc) is 3.19. The van der Waals surface area contributed by atoms with Crippen molar-refractivity contribution >= 4 is 39.2 Å². The number of amides is 1. The minimum atomic E-state index is -0.0614. The summed E-state index contributed by atoms with van der Waals surface area (Å²) >= 11 is 2.85. The van der Waals surface area contributed by atoms with Gasteiger partial charge in [-0.2, -0.15) is 0 Å². The molecule has 26 heavy (non-hydrogen) atoms. The number of aryl methyl sites for hydroxylation is 2. The Hall–Kier alpha value is -1.38. The summed E-state index contributed by atoms with van der Waals surface area (Å²) in [5.74, 6) is 0.175. The van der Waals surface area contributed by atoms with Crippen molar-refractivity contribution in [1.29, 1.82) is 0 Å². The molecule has 1 atom stereocenters. The predicted molar refractivity (Wildman–Crippen MR) is 106 cm³/mol. The van der Waals surface area contributed by atoms with E-state index in [-0.39, 0.29) is 29.4 Å². The smallest absolute Gasteiger partial charge is 0.263 e. The van der Waals surface area contributed by atoms with E-state index >= 15 is 0 Å². The maximum Gasteiger partial charge on any atom is 0.263 e. The van der Waals surface area contributed by atoms with Gasteiger partial charge in [0.1, 0.15) is 4.83 Å². The monoisotopic (exact) mass is 395 g/mol. The van der Waals surface area contributed by atoms with Gasteiger partial charge in [-0.05, 0) is 46.1 Å². The van der Waals surface area contributed by atoms with Crippen LogP contribution in [0.25, 0.3) is 10.2 Å². The Labute approximate surface area is 161 Å². The highest BCUT2D eigenvalue weighted by Gasteiger charge is 2.20. The molecule has 2 aromatic rings. The molecule has 0 aromatic carbocycles. The normalized spacial score (nSPS) is 17.3. The van der Waals surface area contributed by atoms with Crippen LogP contribution in [-0.2, 0) is 9.53 Å². The number of nitrogens with zero attached hydrogens (tertiary/aromatic N) is 2. The lowest BCUT2D eigenvalue weighted by Crippen LogP contribution is -2.33. The molecule has 8 heteroatoms. The lowest BCUT2D eigenvalue weighted by atomic mass is 10.2. The van der Waals surface area contributed by atoms with Gasteiger partial charge in [-0.3, -0.25) is 14.2 Å². The standard InChI is InChI=1S/C18H25N3O3S2/c1-10(2)21-17(23)15-11(3)12(4)26-16(15)20-18(21)25-9-14(22)19-8-13-6-5-7-24-13/h10,13H,5-9H2,1-4H3,(H,19,22). The first-order valence-electron chi connectivity index (χ1n) is 8.91. The number of fused-ring (bicyclic) bond motifs is 1. The first-order valence-corrected chi connectivity index (χ1v) is 10.7. The molecule has 1 N–H and O–H groups in total. The van der Waals surface area contributed by atoms with Crippen molar-refractivity contribution in [3.8, 4) is 0 Å². The molecule has 1 saturated heterocycles. The van der Waals surface area contributed by atoms with Gasteiger partial charge in [0.25, 0.3) is 5.56 Å². The number of rotatable bonds is 6. The predicted octanol–water partition coefficient (Wildman–Crippen LogP) is 3.04. The molecule has 1 amide bonds. The van der Waals surface area contributed by atoms with E-state index < -0.39 is 0 Å². The van der Waals surface area contributed by atoms with E-state index in [1.807, 2.05) is 27.7 Å². The topological polar surface area (TPSA) is 73.2 Å². The maximum absolute atomic E-state index is 13.0. The van der Waals surface area contributed by atoms with Crippen molar-refractivity contribution in [1.82, 2.24) is 14.9 Å². The molecule has 1 fully saturated rings. The number of thioether (sulfide) groups is 1. The van der Waals surface area contributed by atoms with Crippen molar-refractivity contribution in [2.75, 3.05) is 18.9 Å². The lowest BCUT2D eigenvalue weighted by molar-refractivity contribution is -0.119. The van der Waals surface area contributed by atoms with E-state index in [1.165, 1.54) is 23.1 Å². The number of aromatic nitrogens is 2. The minimum Gasteiger partial charge on any atom is -0.376 e. The highest BCUT2D eigenvalue weighted by molar-refractivity contribution is 7.99. The molecule has 1 aliphatic heterocycles. The van der Waals surface area contributed by atoms with Gasteiger partial charge in [-0.1, -0.05) is 11.8 Å². The van der Waals surface area contributed by atoms with Crippen LogP contribution < -0.4 is 10.9 Å². The lowest BCUT2D eigenvalue weighted by Gasteiger charge is -2.15. The highest BCUT2D eigenvalue weighted by Crippen LogP contribution is 2.29. The van der Waals surface area contributed by atoms with Crippen molar-refractivity contribution in [2.24, 2.45) is 0 Å². The maximum atomic E-state index is 13.0. The number of thiophene rings is 1. The molecule has 2 aromatic heterocycles. The number of carbonyl (C=O) groups is 1. The number of hydrogen-bond donors (Lipinski definition) is 1. The van der Waals surface area contributed by atoms with E-state index in [0.29, 0.717) is 17.1 Å². The van der Waals surface area contributed by atoms with Gasteiger partial charge in [-0.25, -0.2) is 4.98 Å². The summed E-state index contributed by atoms with van der Waals surface area (Å²) < 4.78 is 7.21. The summed E-state index contributed by atoms with van der Waals surface area (Å²) in [5.41, 5.74) is 0.983. The molecular weight excluding hydrogens is 370 g/mol. The summed E-state index contributed by atoms with van der Waals surface area (Å²) in [6.07, 6.45) is 2.18. The van der Waals surface area contributed by atoms with Crippen molar-refractivity contribution in [2.45, 2.75) is 57.8 Å². The van der Waals surface area contributed by atoms with Gasteiger partial charge in [0.2, 0.25) is 5.91 Å². The van der Waals surface area contributed by atoms with E-state index in [0.717, 1.165) is 34.7 Å². The molecule has 6 nitrogen and oxygen atoms in total. The second kappa shape index (κ2) is 8.10. The van der Waals surface area contributed by atoms with Crippen LogP contribution in [0.5, 0.6) is 0 Å². The third-order valence-electron chi connectivity index (χ3n) is 4.60. The molecule has 142 valence electrons. The Morgan fingerprint density at radius 3 is 2.88 bits per heavy atom. The first kappa shape index (κ1) is 19.4. The van der Waals surface area contributed by atoms with Crippen LogP contribution >= 0.6 is 23.1 Å². The number of hydrogen-bond acceptors (Lipinski definition) is 6. The van der Waals surface area contributed by atoms with E-state index in [9.17, 15) is 9.59 Å². The number of nitrogens with one attached hydrogen (secondary N) is 1. The summed E-state index contributed by atoms with van der Waals surface area (Å²) in [6.45, 7) is 9.22. The van der Waals surface area contributed by atoms with Crippen LogP contribution in [0.4, 0.5) is 0 Å². The fourth-order valence-corrected chi connectivity index (χ4v) is 5.09. The summed E-state index contributed by atoms with van der Waals surface area (Å²) in [7, 11) is 0. The highest BCUT2D eigenvalue weighted by atomic mass is 32.2. The Morgan fingerprint density at radius 2 is 2.23 bits per heavy atom. The quantitative estimate of drug-likeness (QED) is 0.601. The molecule has 0 bridgehead atoms. The molecule has 0 aliphatic carbocycles. The third kappa shape index (κ3) is 3.97. The summed E-state index contributed by atoms with van der Waals surface area (Å²) in [6, 6.07) is -0.0172. The zero-order valence-electron chi connectivity index (χ0n) is 15.6. The van der Waals surface area contributed by atoms with E-state index in [1.54, 1.807) is 4.57 Å². The second-order valence-electron chi connectivity index (χ2n) is 6.85. The van der Waals surface area contributed by atoms with Crippen molar-refractivity contribution in [3.05, 3.63) is 20.8 Å². The van der Waals surface area contributed by atoms with Gasteiger partial charge >= 0.3 is 0 Å². The molecule has 0 saturated carbocycles. The zero-order chi connectivity index (χ0) is 18.8. The largest absolute Gasteiger partial charge is 0.376 e.